The molecule has 1 N–H and O–H groups in total. The van der Waals surface area contributed by atoms with Gasteiger partial charge in [0.2, 0.25) is 0 Å². The first kappa shape index (κ1) is 12.4. The van der Waals surface area contributed by atoms with Crippen LogP contribution in [0.5, 0.6) is 0 Å². The lowest BCUT2D eigenvalue weighted by Crippen LogP contribution is -2.20. The summed E-state index contributed by atoms with van der Waals surface area (Å²) in [5, 5.41) is 0.698. The van der Waals surface area contributed by atoms with Crippen LogP contribution in [0.15, 0.2) is 18.2 Å². The zero-order valence-electron chi connectivity index (χ0n) is 9.13. The van der Waals surface area contributed by atoms with Crippen LogP contribution in [0.4, 0.5) is 5.69 Å². The Morgan fingerprint density at radius 3 is 2.80 bits per heavy atom. The molecule has 4 heteroatoms. The first-order chi connectivity index (χ1) is 6.99. The Bertz CT molecular complexity index is 368. The monoisotopic (exact) mass is 244 g/mol. The van der Waals surface area contributed by atoms with Crippen LogP contribution in [0.2, 0.25) is 5.02 Å². The second-order valence-electron chi connectivity index (χ2n) is 3.57. The van der Waals surface area contributed by atoms with E-state index in [2.05, 4.69) is 4.72 Å². The van der Waals surface area contributed by atoms with Crippen LogP contribution in [-0.4, -0.2) is 17.8 Å². The number of anilines is 1. The summed E-state index contributed by atoms with van der Waals surface area (Å²) in [6, 6.07) is 5.82. The summed E-state index contributed by atoms with van der Waals surface area (Å²) < 4.78 is 3.26. The van der Waals surface area contributed by atoms with Crippen molar-refractivity contribution in [3.05, 3.63) is 28.8 Å². The molecule has 1 aromatic rings. The van der Waals surface area contributed by atoms with Crippen LogP contribution in [0.3, 0.4) is 0 Å². The van der Waals surface area contributed by atoms with E-state index in [4.69, 9.17) is 11.6 Å². The number of carbonyl (C=O) groups is 1. The van der Waals surface area contributed by atoms with Gasteiger partial charge in [0, 0.05) is 0 Å². The van der Waals surface area contributed by atoms with Crippen LogP contribution in [-0.2, 0) is 15.9 Å². The summed E-state index contributed by atoms with van der Waals surface area (Å²) in [4.78, 5) is 10.9. The maximum atomic E-state index is 10.9. The molecule has 1 atom stereocenters. The Morgan fingerprint density at radius 2 is 2.20 bits per heavy atom. The van der Waals surface area contributed by atoms with E-state index in [1.165, 1.54) is 0 Å². The van der Waals surface area contributed by atoms with Crippen LogP contribution in [0, 0.1) is 6.92 Å². The number of hydrogen-bond acceptors (Lipinski definition) is 2. The number of nitrogens with one attached hydrogen (secondary N) is 1. The van der Waals surface area contributed by atoms with E-state index in [9.17, 15) is 4.79 Å². The second-order valence-corrected chi connectivity index (χ2v) is 5.74. The summed E-state index contributed by atoms with van der Waals surface area (Å²) in [6.45, 7) is 3.61. The number of rotatable bonds is 4. The highest BCUT2D eigenvalue weighted by Crippen LogP contribution is 2.23. The average Bonchev–Trinajstić information content (AvgIpc) is 2.10. The molecule has 0 saturated heterocycles. The van der Waals surface area contributed by atoms with Crippen molar-refractivity contribution in [2.24, 2.45) is 0 Å². The third-order valence-electron chi connectivity index (χ3n) is 1.83. The van der Waals surface area contributed by atoms with Gasteiger partial charge in [-0.3, -0.25) is 4.79 Å². The topological polar surface area (TPSA) is 29.1 Å². The molecule has 0 fully saturated rings. The Balaban J connectivity index is 2.71. The molecule has 0 heterocycles. The number of ketones is 1. The zero-order chi connectivity index (χ0) is 11.4. The number of carbonyl (C=O) groups excluding carboxylic acids is 1. The van der Waals surface area contributed by atoms with Gasteiger partial charge in [-0.25, -0.2) is 4.72 Å². The molecular formula is C11H15ClNOS+. The van der Waals surface area contributed by atoms with E-state index >= 15 is 0 Å². The quantitative estimate of drug-likeness (QED) is 0.826. The van der Waals surface area contributed by atoms with Crippen molar-refractivity contribution in [1.82, 2.24) is 0 Å². The van der Waals surface area contributed by atoms with Gasteiger partial charge in [0.05, 0.1) is 5.02 Å². The fraction of sp³-hybridized carbons (Fsp3) is 0.364. The molecule has 0 aliphatic heterocycles. The minimum absolute atomic E-state index is 0.154. The summed E-state index contributed by atoms with van der Waals surface area (Å²) in [6.07, 6.45) is 2.00. The maximum Gasteiger partial charge on any atom is 0.190 e. The van der Waals surface area contributed by atoms with Crippen LogP contribution < -0.4 is 4.72 Å². The van der Waals surface area contributed by atoms with Crippen LogP contribution in [0.25, 0.3) is 0 Å². The molecule has 1 unspecified atom stereocenters. The summed E-state index contributed by atoms with van der Waals surface area (Å²) in [5.41, 5.74) is 2.06. The fourth-order valence-electron chi connectivity index (χ4n) is 1.25. The minimum atomic E-state index is -0.154. The molecule has 0 bridgehead atoms. The maximum absolute atomic E-state index is 10.9. The number of Topliss-reactive ketones (excluding diaryl/α,β-unsaturated/α-hetero) is 1. The van der Waals surface area contributed by atoms with E-state index < -0.39 is 0 Å². The van der Waals surface area contributed by atoms with Gasteiger partial charge in [-0.05, 0) is 31.5 Å². The van der Waals surface area contributed by atoms with Gasteiger partial charge in [-0.1, -0.05) is 17.7 Å². The number of hydrogen-bond donors (Lipinski definition) is 1. The fourth-order valence-corrected chi connectivity index (χ4v) is 2.69. The normalized spacial score (nSPS) is 12.3. The second kappa shape index (κ2) is 5.42. The summed E-state index contributed by atoms with van der Waals surface area (Å²) in [5.74, 6) is 0.738. The third kappa shape index (κ3) is 4.14. The predicted octanol–water partition coefficient (Wildman–Crippen LogP) is 2.81. The van der Waals surface area contributed by atoms with E-state index in [1.807, 2.05) is 31.4 Å². The number of halogens is 1. The molecule has 0 saturated carbocycles. The molecule has 82 valence electrons. The highest BCUT2D eigenvalue weighted by molar-refractivity contribution is 7.98. The Kier molecular flexibility index (Phi) is 4.48. The molecule has 0 radical (unpaired) electrons. The predicted molar refractivity (Wildman–Crippen MR) is 68.6 cm³/mol. The molecule has 0 aliphatic rings. The van der Waals surface area contributed by atoms with Crippen molar-refractivity contribution >= 4 is 34.2 Å². The van der Waals surface area contributed by atoms with Crippen molar-refractivity contribution in [2.75, 3.05) is 16.7 Å². The lowest BCUT2D eigenvalue weighted by Gasteiger charge is -2.07. The standard InChI is InChI=1S/C11H15ClNOS/c1-8-4-5-10(12)11(6-8)13-15(3)7-9(2)14/h4-6,13H,7H2,1-3H3/q+1. The molecule has 1 aromatic carbocycles. The average molecular weight is 245 g/mol. The highest BCUT2D eigenvalue weighted by atomic mass is 35.5. The summed E-state index contributed by atoms with van der Waals surface area (Å²) in [7, 11) is 0. The van der Waals surface area contributed by atoms with Crippen molar-refractivity contribution in [1.29, 1.82) is 0 Å². The van der Waals surface area contributed by atoms with E-state index in [1.54, 1.807) is 6.92 Å². The minimum Gasteiger partial charge on any atom is -0.295 e. The third-order valence-corrected chi connectivity index (χ3v) is 3.56. The van der Waals surface area contributed by atoms with Crippen molar-refractivity contribution in [3.63, 3.8) is 0 Å². The smallest absolute Gasteiger partial charge is 0.190 e. The number of benzene rings is 1. The SMILES string of the molecule is CC(=O)C[S+](C)Nc1cc(C)ccc1Cl. The largest absolute Gasteiger partial charge is 0.295 e. The molecular weight excluding hydrogens is 230 g/mol. The van der Waals surface area contributed by atoms with Crippen molar-refractivity contribution < 1.29 is 4.79 Å². The molecule has 2 nitrogen and oxygen atoms in total. The lowest BCUT2D eigenvalue weighted by atomic mass is 10.2. The van der Waals surface area contributed by atoms with Crippen LogP contribution >= 0.6 is 11.6 Å². The first-order valence-corrected chi connectivity index (χ1v) is 6.82. The first-order valence-electron chi connectivity index (χ1n) is 4.64. The Labute approximate surface area is 98.5 Å². The molecule has 0 aromatic heterocycles. The molecule has 0 aliphatic carbocycles. The zero-order valence-corrected chi connectivity index (χ0v) is 10.7. The molecule has 0 amide bonds. The number of aryl methyl sites for hydroxylation is 1. The van der Waals surface area contributed by atoms with Gasteiger partial charge in [0.1, 0.15) is 23.0 Å². The summed E-state index contributed by atoms with van der Waals surface area (Å²) >= 11 is 5.88. The molecule has 1 rings (SSSR count). The van der Waals surface area contributed by atoms with Gasteiger partial charge >= 0.3 is 0 Å². The van der Waals surface area contributed by atoms with Crippen molar-refractivity contribution in [2.45, 2.75) is 13.8 Å². The van der Waals surface area contributed by atoms with Crippen LogP contribution in [0.1, 0.15) is 12.5 Å². The van der Waals surface area contributed by atoms with E-state index in [0.717, 1.165) is 11.3 Å². The molecule has 15 heavy (non-hydrogen) atoms. The van der Waals surface area contributed by atoms with Gasteiger partial charge in [-0.2, -0.15) is 0 Å². The van der Waals surface area contributed by atoms with E-state index in [0.29, 0.717) is 10.8 Å². The van der Waals surface area contributed by atoms with Gasteiger partial charge in [-0.15, -0.1) is 0 Å². The van der Waals surface area contributed by atoms with Gasteiger partial charge < -0.3 is 0 Å². The Morgan fingerprint density at radius 1 is 1.53 bits per heavy atom. The van der Waals surface area contributed by atoms with E-state index in [-0.39, 0.29) is 16.9 Å². The van der Waals surface area contributed by atoms with Gasteiger partial charge in [0.25, 0.3) is 0 Å². The highest BCUT2D eigenvalue weighted by Gasteiger charge is 2.15. The van der Waals surface area contributed by atoms with Gasteiger partial charge in [0.15, 0.2) is 11.5 Å². The lowest BCUT2D eigenvalue weighted by molar-refractivity contribution is -0.114. The Hall–Kier alpha value is -0.670. The van der Waals surface area contributed by atoms with Crippen molar-refractivity contribution in [3.8, 4) is 0 Å². The molecule has 0 spiro atoms.